The molecular formula is C15H23N3O3. The molecule has 0 saturated carbocycles. The summed E-state index contributed by atoms with van der Waals surface area (Å²) >= 11 is 0. The van der Waals surface area contributed by atoms with E-state index < -0.39 is 5.97 Å². The van der Waals surface area contributed by atoms with Gasteiger partial charge in [0.25, 0.3) is 0 Å². The van der Waals surface area contributed by atoms with Gasteiger partial charge < -0.3 is 14.6 Å². The Bertz CT molecular complexity index is 473. The number of carbonyl (C=O) groups excluding carboxylic acids is 1. The number of aliphatic carboxylic acids is 1. The highest BCUT2D eigenvalue weighted by atomic mass is 16.4. The molecule has 6 heteroatoms. The van der Waals surface area contributed by atoms with Crippen LogP contribution in [-0.2, 0) is 9.59 Å². The Balaban J connectivity index is 1.93. The Morgan fingerprint density at radius 3 is 2.90 bits per heavy atom. The third-order valence-electron chi connectivity index (χ3n) is 4.14. The van der Waals surface area contributed by atoms with E-state index in [4.69, 9.17) is 5.11 Å². The molecule has 1 aromatic rings. The highest BCUT2D eigenvalue weighted by Gasteiger charge is 2.27. The Labute approximate surface area is 124 Å². The topological polar surface area (TPSA) is 75.4 Å². The number of piperidine rings is 1. The average molecular weight is 293 g/mol. The highest BCUT2D eigenvalue weighted by molar-refractivity contribution is 5.77. The minimum Gasteiger partial charge on any atom is -0.481 e. The number of rotatable bonds is 6. The number of amides is 1. The highest BCUT2D eigenvalue weighted by Crippen LogP contribution is 2.23. The molecule has 1 aliphatic rings. The van der Waals surface area contributed by atoms with E-state index in [0.717, 1.165) is 25.8 Å². The van der Waals surface area contributed by atoms with E-state index in [0.29, 0.717) is 12.8 Å². The summed E-state index contributed by atoms with van der Waals surface area (Å²) in [5, 5.41) is 8.83. The van der Waals surface area contributed by atoms with Gasteiger partial charge in [-0.05, 0) is 32.6 Å². The number of carbonyl (C=O) groups is 2. The van der Waals surface area contributed by atoms with Crippen LogP contribution in [0.25, 0.3) is 0 Å². The number of likely N-dealkylation sites (tertiary alicyclic amines) is 1. The molecule has 2 unspecified atom stereocenters. The molecule has 0 spiro atoms. The van der Waals surface area contributed by atoms with Crippen molar-refractivity contribution in [1.82, 2.24) is 14.5 Å². The van der Waals surface area contributed by atoms with Crippen molar-refractivity contribution in [3.05, 3.63) is 18.7 Å². The lowest BCUT2D eigenvalue weighted by Crippen LogP contribution is -2.44. The summed E-state index contributed by atoms with van der Waals surface area (Å²) in [5.74, 6) is -0.675. The maximum atomic E-state index is 12.5. The number of hydrogen-bond acceptors (Lipinski definition) is 3. The Morgan fingerprint density at radius 2 is 2.24 bits per heavy atom. The van der Waals surface area contributed by atoms with Gasteiger partial charge in [-0.3, -0.25) is 9.59 Å². The van der Waals surface area contributed by atoms with Gasteiger partial charge in [-0.1, -0.05) is 0 Å². The average Bonchev–Trinajstić information content (AvgIpc) is 2.99. The third-order valence-corrected chi connectivity index (χ3v) is 4.14. The Kier molecular flexibility index (Phi) is 5.36. The lowest BCUT2D eigenvalue weighted by Gasteiger charge is -2.36. The first-order valence-electron chi connectivity index (χ1n) is 7.56. The zero-order valence-corrected chi connectivity index (χ0v) is 12.4. The number of nitrogens with zero attached hydrogens (tertiary/aromatic N) is 3. The minimum atomic E-state index is -0.792. The molecule has 1 N–H and O–H groups in total. The zero-order valence-electron chi connectivity index (χ0n) is 12.4. The molecule has 1 aromatic heterocycles. The quantitative estimate of drug-likeness (QED) is 0.871. The maximum Gasteiger partial charge on any atom is 0.303 e. The fourth-order valence-corrected chi connectivity index (χ4v) is 2.92. The minimum absolute atomic E-state index is 0.0713. The molecule has 0 radical (unpaired) electrons. The van der Waals surface area contributed by atoms with Crippen LogP contribution in [0.1, 0.15) is 51.5 Å². The fraction of sp³-hybridized carbons (Fsp3) is 0.667. The van der Waals surface area contributed by atoms with Gasteiger partial charge in [-0.2, -0.15) is 0 Å². The smallest absolute Gasteiger partial charge is 0.303 e. The Hall–Kier alpha value is -1.85. The summed E-state index contributed by atoms with van der Waals surface area (Å²) in [4.78, 5) is 29.1. The number of hydrogen-bond donors (Lipinski definition) is 1. The first-order chi connectivity index (χ1) is 10.1. The number of carboxylic acid groups (broad SMARTS) is 1. The van der Waals surface area contributed by atoms with Crippen LogP contribution in [0.4, 0.5) is 0 Å². The fourth-order valence-electron chi connectivity index (χ4n) is 2.92. The van der Waals surface area contributed by atoms with Gasteiger partial charge in [0.05, 0.1) is 6.33 Å². The molecule has 6 nitrogen and oxygen atoms in total. The second-order valence-corrected chi connectivity index (χ2v) is 5.73. The summed E-state index contributed by atoms with van der Waals surface area (Å²) < 4.78 is 1.92. The molecule has 0 aromatic carbocycles. The second-order valence-electron chi connectivity index (χ2n) is 5.73. The van der Waals surface area contributed by atoms with Gasteiger partial charge in [0.15, 0.2) is 0 Å². The zero-order chi connectivity index (χ0) is 15.2. The Morgan fingerprint density at radius 1 is 1.43 bits per heavy atom. The van der Waals surface area contributed by atoms with Crippen LogP contribution in [0.2, 0.25) is 0 Å². The molecule has 2 heterocycles. The van der Waals surface area contributed by atoms with Gasteiger partial charge in [0, 0.05) is 43.9 Å². The van der Waals surface area contributed by atoms with Crippen LogP contribution in [0, 0.1) is 0 Å². The molecule has 1 aliphatic heterocycles. The predicted molar refractivity (Wildman–Crippen MR) is 77.8 cm³/mol. The molecule has 0 bridgehead atoms. The monoisotopic (exact) mass is 293 g/mol. The predicted octanol–water partition coefficient (Wildman–Crippen LogP) is 2.08. The van der Waals surface area contributed by atoms with Crippen molar-refractivity contribution < 1.29 is 14.7 Å². The lowest BCUT2D eigenvalue weighted by molar-refractivity contribution is -0.140. The summed E-state index contributed by atoms with van der Waals surface area (Å²) in [6.45, 7) is 2.75. The number of imidazole rings is 1. The van der Waals surface area contributed by atoms with Crippen molar-refractivity contribution in [2.45, 2.75) is 57.5 Å². The summed E-state index contributed by atoms with van der Waals surface area (Å²) in [6.07, 6.45) is 9.40. The summed E-state index contributed by atoms with van der Waals surface area (Å²) in [6, 6.07) is 0.152. The van der Waals surface area contributed by atoms with Crippen LogP contribution in [0.15, 0.2) is 18.7 Å². The van der Waals surface area contributed by atoms with E-state index in [-0.39, 0.29) is 24.4 Å². The first kappa shape index (κ1) is 15.5. The van der Waals surface area contributed by atoms with Gasteiger partial charge in [-0.15, -0.1) is 0 Å². The van der Waals surface area contributed by atoms with Crippen molar-refractivity contribution in [3.63, 3.8) is 0 Å². The van der Waals surface area contributed by atoms with Crippen LogP contribution in [0.5, 0.6) is 0 Å². The van der Waals surface area contributed by atoms with Gasteiger partial charge in [0.2, 0.25) is 5.91 Å². The number of aromatic nitrogens is 2. The third kappa shape index (κ3) is 4.31. The van der Waals surface area contributed by atoms with Crippen molar-refractivity contribution in [2.24, 2.45) is 0 Å². The molecule has 2 rings (SSSR count). The SMILES string of the molecule is CC(CC(=O)N1CCCCC1CCC(=O)O)n1ccnc1. The summed E-state index contributed by atoms with van der Waals surface area (Å²) in [5.41, 5.74) is 0. The number of carboxylic acids is 1. The lowest BCUT2D eigenvalue weighted by atomic mass is 9.97. The molecule has 0 aliphatic carbocycles. The molecular weight excluding hydrogens is 270 g/mol. The standard InChI is InChI=1S/C15H23N3O3/c1-12(17-9-7-16-11-17)10-14(19)18-8-3-2-4-13(18)5-6-15(20)21/h7,9,11-13H,2-6,8,10H2,1H3,(H,20,21). The molecule has 1 amide bonds. The van der Waals surface area contributed by atoms with Crippen molar-refractivity contribution in [2.75, 3.05) is 6.54 Å². The summed E-state index contributed by atoms with van der Waals surface area (Å²) in [7, 11) is 0. The van der Waals surface area contributed by atoms with Crippen molar-refractivity contribution >= 4 is 11.9 Å². The van der Waals surface area contributed by atoms with Gasteiger partial charge in [-0.25, -0.2) is 4.98 Å². The normalized spacial score (nSPS) is 20.2. The maximum absolute atomic E-state index is 12.5. The second kappa shape index (κ2) is 7.24. The molecule has 1 saturated heterocycles. The molecule has 21 heavy (non-hydrogen) atoms. The molecule has 116 valence electrons. The van der Waals surface area contributed by atoms with Gasteiger partial charge in [0.1, 0.15) is 0 Å². The largest absolute Gasteiger partial charge is 0.481 e. The first-order valence-corrected chi connectivity index (χ1v) is 7.56. The van der Waals surface area contributed by atoms with E-state index in [1.54, 1.807) is 12.5 Å². The van der Waals surface area contributed by atoms with Crippen LogP contribution < -0.4 is 0 Å². The van der Waals surface area contributed by atoms with Crippen LogP contribution in [0.3, 0.4) is 0 Å². The van der Waals surface area contributed by atoms with E-state index >= 15 is 0 Å². The van der Waals surface area contributed by atoms with Crippen LogP contribution in [-0.4, -0.2) is 44.0 Å². The van der Waals surface area contributed by atoms with Gasteiger partial charge >= 0.3 is 5.97 Å². The van der Waals surface area contributed by atoms with E-state index in [1.807, 2.05) is 22.6 Å². The molecule has 2 atom stereocenters. The van der Waals surface area contributed by atoms with Crippen molar-refractivity contribution in [1.29, 1.82) is 0 Å². The van der Waals surface area contributed by atoms with Crippen LogP contribution >= 0.6 is 0 Å². The molecule has 1 fully saturated rings. The van der Waals surface area contributed by atoms with Crippen molar-refractivity contribution in [3.8, 4) is 0 Å². The van der Waals surface area contributed by atoms with E-state index in [2.05, 4.69) is 4.98 Å². The van der Waals surface area contributed by atoms with E-state index in [9.17, 15) is 9.59 Å². The van der Waals surface area contributed by atoms with E-state index in [1.165, 1.54) is 0 Å².